The number of nitrogens with zero attached hydrogens (tertiary/aromatic N) is 2. The molecule has 0 spiro atoms. The average molecular weight is 328 g/mol. The Bertz CT molecular complexity index is 735. The van der Waals surface area contributed by atoms with Gasteiger partial charge in [-0.2, -0.15) is 0 Å². The topological polar surface area (TPSA) is 46.3 Å². The van der Waals surface area contributed by atoms with Crippen LogP contribution in [0.4, 0.5) is 4.39 Å². The van der Waals surface area contributed by atoms with Crippen LogP contribution in [0.2, 0.25) is 0 Å². The molecule has 2 fully saturated rings. The minimum atomic E-state index is -0.201. The van der Waals surface area contributed by atoms with Crippen LogP contribution in [0.1, 0.15) is 59.0 Å². The Morgan fingerprint density at radius 3 is 2.33 bits per heavy atom. The highest BCUT2D eigenvalue weighted by atomic mass is 19.1. The molecule has 4 rings (SSSR count). The first kappa shape index (κ1) is 15.4. The second-order valence-electron chi connectivity index (χ2n) is 7.02. The number of carbonyl (C=O) groups excluding carboxylic acids is 1. The largest absolute Gasteiger partial charge is 0.361 e. The molecule has 2 bridgehead atoms. The van der Waals surface area contributed by atoms with E-state index in [2.05, 4.69) is 5.16 Å². The predicted molar refractivity (Wildman–Crippen MR) is 87.3 cm³/mol. The van der Waals surface area contributed by atoms with Gasteiger partial charge in [-0.3, -0.25) is 4.79 Å². The molecule has 2 atom stereocenters. The molecule has 0 N–H and O–H groups in total. The summed E-state index contributed by atoms with van der Waals surface area (Å²) in [5.74, 6) is 0.846. The molecule has 1 amide bonds. The molecule has 1 aromatic carbocycles. The Morgan fingerprint density at radius 1 is 1.17 bits per heavy atom. The van der Waals surface area contributed by atoms with E-state index in [1.807, 2.05) is 24.0 Å². The maximum atomic E-state index is 13.2. The van der Waals surface area contributed by atoms with Crippen molar-refractivity contribution in [2.24, 2.45) is 0 Å². The van der Waals surface area contributed by atoms with E-state index in [1.54, 1.807) is 6.92 Å². The van der Waals surface area contributed by atoms with Gasteiger partial charge < -0.3 is 9.42 Å². The zero-order valence-electron chi connectivity index (χ0n) is 14.0. The molecule has 0 aliphatic carbocycles. The van der Waals surface area contributed by atoms with Crippen LogP contribution in [0.15, 0.2) is 28.8 Å². The number of hydrogen-bond donors (Lipinski definition) is 0. The SMILES string of the molecule is Cc1noc(C)c1C(=O)N1[C@@H]2CC[C@@H]1CC(c1ccc(F)cc1)C2. The highest BCUT2D eigenvalue weighted by molar-refractivity contribution is 5.96. The maximum absolute atomic E-state index is 13.2. The van der Waals surface area contributed by atoms with E-state index in [9.17, 15) is 9.18 Å². The molecular weight excluding hydrogens is 307 g/mol. The number of aryl methyl sites for hydroxylation is 2. The highest BCUT2D eigenvalue weighted by Crippen LogP contribution is 2.44. The minimum Gasteiger partial charge on any atom is -0.361 e. The Kier molecular flexibility index (Phi) is 3.66. The third kappa shape index (κ3) is 2.43. The van der Waals surface area contributed by atoms with Gasteiger partial charge >= 0.3 is 0 Å². The van der Waals surface area contributed by atoms with Gasteiger partial charge in [0.2, 0.25) is 0 Å². The molecule has 3 heterocycles. The molecule has 126 valence electrons. The van der Waals surface area contributed by atoms with Gasteiger partial charge in [0.05, 0.1) is 5.69 Å². The van der Waals surface area contributed by atoms with Crippen molar-refractivity contribution in [3.8, 4) is 0 Å². The maximum Gasteiger partial charge on any atom is 0.259 e. The number of piperidine rings is 1. The second-order valence-corrected chi connectivity index (χ2v) is 7.02. The molecule has 5 heteroatoms. The Balaban J connectivity index is 1.57. The first-order valence-corrected chi connectivity index (χ1v) is 8.55. The summed E-state index contributed by atoms with van der Waals surface area (Å²) < 4.78 is 18.3. The third-order valence-electron chi connectivity index (χ3n) is 5.56. The Labute approximate surface area is 140 Å². The zero-order valence-corrected chi connectivity index (χ0v) is 14.0. The van der Waals surface area contributed by atoms with E-state index in [4.69, 9.17) is 4.52 Å². The monoisotopic (exact) mass is 328 g/mol. The molecule has 2 saturated heterocycles. The van der Waals surface area contributed by atoms with E-state index in [-0.39, 0.29) is 23.8 Å². The highest BCUT2D eigenvalue weighted by Gasteiger charge is 2.44. The van der Waals surface area contributed by atoms with Gasteiger partial charge in [0.25, 0.3) is 5.91 Å². The first-order valence-electron chi connectivity index (χ1n) is 8.55. The molecule has 4 nitrogen and oxygen atoms in total. The van der Waals surface area contributed by atoms with Crippen LogP contribution in [0.3, 0.4) is 0 Å². The summed E-state index contributed by atoms with van der Waals surface area (Å²) in [4.78, 5) is 15.1. The van der Waals surface area contributed by atoms with Gasteiger partial charge in [-0.05, 0) is 63.1 Å². The van der Waals surface area contributed by atoms with Crippen LogP contribution in [0, 0.1) is 19.7 Å². The van der Waals surface area contributed by atoms with Crippen LogP contribution in [-0.4, -0.2) is 28.0 Å². The van der Waals surface area contributed by atoms with Gasteiger partial charge in [0.1, 0.15) is 17.1 Å². The number of rotatable bonds is 2. The fourth-order valence-corrected chi connectivity index (χ4v) is 4.43. The number of halogens is 1. The number of amides is 1. The van der Waals surface area contributed by atoms with Crippen molar-refractivity contribution in [2.45, 2.75) is 57.5 Å². The molecule has 2 aliphatic heterocycles. The van der Waals surface area contributed by atoms with Crippen LogP contribution in [0.5, 0.6) is 0 Å². The molecule has 0 radical (unpaired) electrons. The van der Waals surface area contributed by atoms with Crippen LogP contribution in [0.25, 0.3) is 0 Å². The van der Waals surface area contributed by atoms with Crippen LogP contribution >= 0.6 is 0 Å². The summed E-state index contributed by atoms with van der Waals surface area (Å²) >= 11 is 0. The van der Waals surface area contributed by atoms with Crippen molar-refractivity contribution >= 4 is 5.91 Å². The van der Waals surface area contributed by atoms with E-state index in [1.165, 1.54) is 17.7 Å². The molecule has 0 unspecified atom stereocenters. The van der Waals surface area contributed by atoms with Crippen molar-refractivity contribution in [3.63, 3.8) is 0 Å². The summed E-state index contributed by atoms with van der Waals surface area (Å²) in [5.41, 5.74) is 2.46. The lowest BCUT2D eigenvalue weighted by molar-refractivity contribution is 0.0569. The number of hydrogen-bond acceptors (Lipinski definition) is 3. The van der Waals surface area contributed by atoms with Gasteiger partial charge in [0.15, 0.2) is 0 Å². The van der Waals surface area contributed by atoms with Crippen molar-refractivity contribution in [1.29, 1.82) is 0 Å². The summed E-state index contributed by atoms with van der Waals surface area (Å²) in [6.07, 6.45) is 3.96. The fourth-order valence-electron chi connectivity index (χ4n) is 4.43. The van der Waals surface area contributed by atoms with E-state index >= 15 is 0 Å². The molecule has 1 aromatic heterocycles. The van der Waals surface area contributed by atoms with Crippen LogP contribution < -0.4 is 0 Å². The Hall–Kier alpha value is -2.17. The average Bonchev–Trinajstić information content (AvgIpc) is 3.03. The van der Waals surface area contributed by atoms with E-state index in [0.717, 1.165) is 25.7 Å². The number of carbonyl (C=O) groups is 1. The molecule has 24 heavy (non-hydrogen) atoms. The van der Waals surface area contributed by atoms with E-state index in [0.29, 0.717) is 22.9 Å². The van der Waals surface area contributed by atoms with Crippen molar-refractivity contribution in [1.82, 2.24) is 10.1 Å². The quantitative estimate of drug-likeness (QED) is 0.837. The van der Waals surface area contributed by atoms with Gasteiger partial charge in [-0.15, -0.1) is 0 Å². The third-order valence-corrected chi connectivity index (χ3v) is 5.56. The van der Waals surface area contributed by atoms with Crippen molar-refractivity contribution in [2.75, 3.05) is 0 Å². The second kappa shape index (κ2) is 5.72. The normalized spacial score (nSPS) is 26.0. The summed E-state index contributed by atoms with van der Waals surface area (Å²) in [5, 5.41) is 3.92. The van der Waals surface area contributed by atoms with Gasteiger partial charge in [-0.1, -0.05) is 17.3 Å². The van der Waals surface area contributed by atoms with E-state index < -0.39 is 0 Å². The lowest BCUT2D eigenvalue weighted by atomic mass is 9.84. The molecular formula is C19H21FN2O2. The molecule has 2 aliphatic rings. The summed E-state index contributed by atoms with van der Waals surface area (Å²) in [6.45, 7) is 3.61. The lowest BCUT2D eigenvalue weighted by Crippen LogP contribution is -2.46. The molecule has 2 aromatic rings. The summed E-state index contributed by atoms with van der Waals surface area (Å²) in [7, 11) is 0. The fraction of sp³-hybridized carbons (Fsp3) is 0.474. The number of aromatic nitrogens is 1. The smallest absolute Gasteiger partial charge is 0.259 e. The zero-order chi connectivity index (χ0) is 16.8. The molecule has 0 saturated carbocycles. The van der Waals surface area contributed by atoms with Crippen LogP contribution in [-0.2, 0) is 0 Å². The van der Waals surface area contributed by atoms with Crippen molar-refractivity contribution in [3.05, 3.63) is 52.7 Å². The van der Waals surface area contributed by atoms with Crippen molar-refractivity contribution < 1.29 is 13.7 Å². The van der Waals surface area contributed by atoms with Gasteiger partial charge in [-0.25, -0.2) is 4.39 Å². The standard InChI is InChI=1S/C19H21FN2O2/c1-11-18(12(2)24-21-11)19(23)22-16-7-8-17(22)10-14(9-16)13-3-5-15(20)6-4-13/h3-6,14,16-17H,7-10H2,1-2H3/t16-,17-/m1/s1. The lowest BCUT2D eigenvalue weighted by Gasteiger charge is -2.39. The Morgan fingerprint density at radius 2 is 1.79 bits per heavy atom. The number of benzene rings is 1. The summed E-state index contributed by atoms with van der Waals surface area (Å²) in [6, 6.07) is 7.31. The number of fused-ring (bicyclic) bond motifs is 2. The predicted octanol–water partition coefficient (Wildman–Crippen LogP) is 3.98. The van der Waals surface area contributed by atoms with Gasteiger partial charge in [0, 0.05) is 12.1 Å². The minimum absolute atomic E-state index is 0.0521. The first-order chi connectivity index (χ1) is 11.5.